The maximum Gasteiger partial charge on any atom is 0.194 e. The van der Waals surface area contributed by atoms with Crippen LogP contribution in [0.2, 0.25) is 0 Å². The smallest absolute Gasteiger partial charge is 0.194 e. The molecule has 5 nitrogen and oxygen atoms in total. The normalized spacial score (nSPS) is 18.6. The fourth-order valence-corrected chi connectivity index (χ4v) is 3.28. The molecule has 1 aromatic carbocycles. The van der Waals surface area contributed by atoms with Crippen LogP contribution in [0.25, 0.3) is 11.0 Å². The molecule has 0 radical (unpaired) electrons. The Hall–Kier alpha value is -1.31. The second kappa shape index (κ2) is 7.51. The number of H-pyrrole nitrogens is 1. The number of nitrogens with one attached hydrogen (secondary N) is 2. The Labute approximate surface area is 167 Å². The molecule has 138 valence electrons. The quantitative estimate of drug-likeness (QED) is 0.319. The Kier molecular flexibility index (Phi) is 6.01. The Morgan fingerprint density at radius 1 is 1.28 bits per heavy atom. The third-order valence-corrected chi connectivity index (χ3v) is 5.66. The average Bonchev–Trinajstić information content (AvgIpc) is 2.96. The molecular formula is C19H30IN5. The molecule has 0 unspecified atom stereocenters. The molecule has 0 atom stereocenters. The van der Waals surface area contributed by atoms with Crippen LogP contribution in [0.15, 0.2) is 29.3 Å². The van der Waals surface area contributed by atoms with Gasteiger partial charge in [-0.2, -0.15) is 0 Å². The van der Waals surface area contributed by atoms with E-state index < -0.39 is 0 Å². The van der Waals surface area contributed by atoms with E-state index in [9.17, 15) is 0 Å². The van der Waals surface area contributed by atoms with Gasteiger partial charge in [0.1, 0.15) is 5.82 Å². The van der Waals surface area contributed by atoms with Crippen molar-refractivity contribution in [2.45, 2.75) is 46.1 Å². The first-order valence-electron chi connectivity index (χ1n) is 8.77. The van der Waals surface area contributed by atoms with Crippen molar-refractivity contribution in [2.75, 3.05) is 20.1 Å². The first kappa shape index (κ1) is 20.0. The third-order valence-electron chi connectivity index (χ3n) is 5.66. The molecule has 1 saturated heterocycles. The lowest BCUT2D eigenvalue weighted by Gasteiger charge is -2.62. The molecule has 1 aliphatic heterocycles. The fraction of sp³-hybridized carbons (Fsp3) is 0.579. The Morgan fingerprint density at radius 3 is 2.60 bits per heavy atom. The van der Waals surface area contributed by atoms with E-state index >= 15 is 0 Å². The van der Waals surface area contributed by atoms with Gasteiger partial charge >= 0.3 is 0 Å². The van der Waals surface area contributed by atoms with Crippen LogP contribution in [0.4, 0.5) is 0 Å². The highest BCUT2D eigenvalue weighted by Gasteiger charge is 2.53. The van der Waals surface area contributed by atoms with Crippen LogP contribution in [0.1, 0.15) is 39.9 Å². The van der Waals surface area contributed by atoms with Crippen molar-refractivity contribution >= 4 is 41.0 Å². The lowest BCUT2D eigenvalue weighted by atomic mass is 9.65. The molecule has 0 amide bonds. The summed E-state index contributed by atoms with van der Waals surface area (Å²) >= 11 is 0. The zero-order valence-electron chi connectivity index (χ0n) is 15.9. The summed E-state index contributed by atoms with van der Waals surface area (Å²) in [7, 11) is 1.86. The summed E-state index contributed by atoms with van der Waals surface area (Å²) in [5, 5.41) is 3.50. The summed E-state index contributed by atoms with van der Waals surface area (Å²) in [6.07, 6.45) is 1.96. The fourth-order valence-electron chi connectivity index (χ4n) is 3.28. The zero-order chi connectivity index (χ0) is 17.4. The zero-order valence-corrected chi connectivity index (χ0v) is 18.2. The van der Waals surface area contributed by atoms with Gasteiger partial charge in [0.05, 0.1) is 11.0 Å². The lowest BCUT2D eigenvalue weighted by molar-refractivity contribution is -0.0667. The molecule has 0 bridgehead atoms. The number of aliphatic imine (C=N–C) groups is 1. The van der Waals surface area contributed by atoms with Crippen molar-refractivity contribution in [1.29, 1.82) is 0 Å². The van der Waals surface area contributed by atoms with Crippen LogP contribution in [-0.4, -0.2) is 46.5 Å². The van der Waals surface area contributed by atoms with Crippen molar-refractivity contribution < 1.29 is 0 Å². The van der Waals surface area contributed by atoms with Gasteiger partial charge in [-0.05, 0) is 32.4 Å². The van der Waals surface area contributed by atoms with E-state index in [0.717, 1.165) is 48.7 Å². The standard InChI is InChI=1S/C19H29N5.HI/c1-18(2)13-24(19(18,3)4)17(20-5)21-12-8-11-16-22-14-9-6-7-10-15(14)23-16;/h6-7,9-10H,8,11-13H2,1-5H3,(H,20,21)(H,22,23);1H. The van der Waals surface area contributed by atoms with Gasteiger partial charge in [-0.15, -0.1) is 24.0 Å². The topological polar surface area (TPSA) is 56.3 Å². The second-order valence-electron chi connectivity index (χ2n) is 7.81. The Bertz CT molecular complexity index is 714. The van der Waals surface area contributed by atoms with Gasteiger partial charge in [0.2, 0.25) is 0 Å². The Balaban J connectivity index is 0.00000225. The summed E-state index contributed by atoms with van der Waals surface area (Å²) in [6.45, 7) is 11.2. The molecule has 1 aromatic heterocycles. The molecule has 0 spiro atoms. The van der Waals surface area contributed by atoms with E-state index in [1.807, 2.05) is 25.2 Å². The summed E-state index contributed by atoms with van der Waals surface area (Å²) < 4.78 is 0. The Morgan fingerprint density at radius 2 is 2.00 bits per heavy atom. The van der Waals surface area contributed by atoms with Crippen LogP contribution in [-0.2, 0) is 6.42 Å². The van der Waals surface area contributed by atoms with Crippen LogP contribution in [0.3, 0.4) is 0 Å². The number of aromatic nitrogens is 2. The van der Waals surface area contributed by atoms with E-state index in [2.05, 4.69) is 58.9 Å². The van der Waals surface area contributed by atoms with Crippen LogP contribution in [0.5, 0.6) is 0 Å². The average molecular weight is 455 g/mol. The predicted molar refractivity (Wildman–Crippen MR) is 116 cm³/mol. The van der Waals surface area contributed by atoms with Crippen molar-refractivity contribution in [3.63, 3.8) is 0 Å². The van der Waals surface area contributed by atoms with Gasteiger partial charge in [-0.3, -0.25) is 4.99 Å². The van der Waals surface area contributed by atoms with E-state index in [-0.39, 0.29) is 29.5 Å². The number of nitrogens with zero attached hydrogens (tertiary/aromatic N) is 3. The summed E-state index contributed by atoms with van der Waals surface area (Å²) in [5.41, 5.74) is 2.61. The number of fused-ring (bicyclic) bond motifs is 1. The monoisotopic (exact) mass is 455 g/mol. The van der Waals surface area contributed by atoms with Crippen molar-refractivity contribution in [3.8, 4) is 0 Å². The lowest BCUT2D eigenvalue weighted by Crippen LogP contribution is -2.72. The molecule has 1 aliphatic rings. The number of halogens is 1. The summed E-state index contributed by atoms with van der Waals surface area (Å²) in [4.78, 5) is 14.8. The minimum Gasteiger partial charge on any atom is -0.356 e. The number of hydrogen-bond acceptors (Lipinski definition) is 2. The van der Waals surface area contributed by atoms with Gasteiger partial charge in [0.15, 0.2) is 5.96 Å². The van der Waals surface area contributed by atoms with Gasteiger partial charge < -0.3 is 15.2 Å². The second-order valence-corrected chi connectivity index (χ2v) is 7.81. The summed E-state index contributed by atoms with van der Waals surface area (Å²) in [5.74, 6) is 2.06. The molecular weight excluding hydrogens is 425 g/mol. The highest BCUT2D eigenvalue weighted by atomic mass is 127. The number of imidazole rings is 1. The maximum absolute atomic E-state index is 4.63. The molecule has 3 rings (SSSR count). The molecule has 2 heterocycles. The van der Waals surface area contributed by atoms with E-state index in [1.165, 1.54) is 0 Å². The molecule has 0 saturated carbocycles. The highest BCUT2D eigenvalue weighted by molar-refractivity contribution is 14.0. The van der Waals surface area contributed by atoms with E-state index in [4.69, 9.17) is 0 Å². The number of rotatable bonds is 4. The number of aryl methyl sites for hydroxylation is 1. The molecule has 6 heteroatoms. The minimum absolute atomic E-state index is 0. The van der Waals surface area contributed by atoms with Gasteiger partial charge in [0.25, 0.3) is 0 Å². The van der Waals surface area contributed by atoms with Crippen LogP contribution in [0, 0.1) is 5.41 Å². The number of likely N-dealkylation sites (tertiary alicyclic amines) is 1. The first-order valence-corrected chi connectivity index (χ1v) is 8.77. The predicted octanol–water partition coefficient (Wildman–Crippen LogP) is 3.81. The van der Waals surface area contributed by atoms with Crippen LogP contribution < -0.4 is 5.32 Å². The SMILES string of the molecule is CN=C(NCCCc1nc2ccccc2[nH]1)N1CC(C)(C)C1(C)C.I. The van der Waals surface area contributed by atoms with E-state index in [0.29, 0.717) is 5.41 Å². The molecule has 2 aromatic rings. The maximum atomic E-state index is 4.63. The minimum atomic E-state index is 0. The number of guanidine groups is 1. The first-order chi connectivity index (χ1) is 11.3. The number of aromatic amines is 1. The van der Waals surface area contributed by atoms with Crippen molar-refractivity contribution in [1.82, 2.24) is 20.2 Å². The largest absolute Gasteiger partial charge is 0.356 e. The highest BCUT2D eigenvalue weighted by Crippen LogP contribution is 2.46. The molecule has 0 aliphatic carbocycles. The number of para-hydroxylation sites is 2. The van der Waals surface area contributed by atoms with Crippen molar-refractivity contribution in [2.24, 2.45) is 10.4 Å². The molecule has 1 fully saturated rings. The van der Waals surface area contributed by atoms with Gasteiger partial charge in [0, 0.05) is 37.5 Å². The third kappa shape index (κ3) is 3.78. The van der Waals surface area contributed by atoms with E-state index in [1.54, 1.807) is 0 Å². The molecule has 2 N–H and O–H groups in total. The number of hydrogen-bond donors (Lipinski definition) is 2. The van der Waals surface area contributed by atoms with Crippen LogP contribution >= 0.6 is 24.0 Å². The number of benzene rings is 1. The summed E-state index contributed by atoms with van der Waals surface area (Å²) in [6, 6.07) is 8.17. The van der Waals surface area contributed by atoms with Gasteiger partial charge in [-0.25, -0.2) is 4.98 Å². The van der Waals surface area contributed by atoms with Gasteiger partial charge in [-0.1, -0.05) is 26.0 Å². The van der Waals surface area contributed by atoms with Crippen molar-refractivity contribution in [3.05, 3.63) is 30.1 Å². The molecule has 25 heavy (non-hydrogen) atoms.